The molecule has 19 heavy (non-hydrogen) atoms. The van der Waals surface area contributed by atoms with E-state index in [0.29, 0.717) is 10.7 Å². The number of carboxylic acids is 1. The highest BCUT2D eigenvalue weighted by atomic mass is 35.5. The van der Waals surface area contributed by atoms with Crippen LogP contribution in [0.2, 0.25) is 5.02 Å². The highest BCUT2D eigenvalue weighted by molar-refractivity contribution is 6.33. The molecule has 0 aliphatic carbocycles. The highest BCUT2D eigenvalue weighted by Crippen LogP contribution is 2.22. The van der Waals surface area contributed by atoms with Crippen molar-refractivity contribution in [2.45, 2.75) is 26.8 Å². The van der Waals surface area contributed by atoms with Gasteiger partial charge in [-0.1, -0.05) is 44.5 Å². The minimum Gasteiger partial charge on any atom is -0.480 e. The first-order chi connectivity index (χ1) is 8.71. The number of para-hydroxylation sites is 1. The van der Waals surface area contributed by atoms with Gasteiger partial charge in [-0.25, -0.2) is 9.59 Å². The zero-order valence-corrected chi connectivity index (χ0v) is 11.8. The lowest BCUT2D eigenvalue weighted by Crippen LogP contribution is -2.50. The van der Waals surface area contributed by atoms with E-state index in [1.54, 1.807) is 45.0 Å². The van der Waals surface area contributed by atoms with Gasteiger partial charge in [0.1, 0.15) is 6.04 Å². The fourth-order valence-electron chi connectivity index (χ4n) is 1.50. The van der Waals surface area contributed by atoms with Gasteiger partial charge in [-0.05, 0) is 17.5 Å². The molecule has 5 nitrogen and oxygen atoms in total. The van der Waals surface area contributed by atoms with Crippen LogP contribution in [-0.2, 0) is 4.79 Å². The van der Waals surface area contributed by atoms with Gasteiger partial charge in [0.15, 0.2) is 0 Å². The van der Waals surface area contributed by atoms with Gasteiger partial charge in [0.05, 0.1) is 10.7 Å². The summed E-state index contributed by atoms with van der Waals surface area (Å²) < 4.78 is 0. The van der Waals surface area contributed by atoms with Gasteiger partial charge >= 0.3 is 12.0 Å². The second-order valence-electron chi connectivity index (χ2n) is 5.22. The average molecular weight is 285 g/mol. The van der Waals surface area contributed by atoms with Gasteiger partial charge in [-0.2, -0.15) is 0 Å². The van der Waals surface area contributed by atoms with Crippen molar-refractivity contribution >= 4 is 29.3 Å². The Kier molecular flexibility index (Phi) is 4.78. The summed E-state index contributed by atoms with van der Waals surface area (Å²) in [5, 5.41) is 14.4. The van der Waals surface area contributed by atoms with Crippen LogP contribution in [0.5, 0.6) is 0 Å². The average Bonchev–Trinajstić information content (AvgIpc) is 2.27. The molecule has 0 saturated carbocycles. The molecular weight excluding hydrogens is 268 g/mol. The standard InChI is InChI=1S/C13H17ClN2O3/c1-13(2,3)10(11(17)18)16-12(19)15-9-7-5-4-6-8(9)14/h4-7,10H,1-3H3,(H,17,18)(H2,15,16,19). The monoisotopic (exact) mass is 284 g/mol. The van der Waals surface area contributed by atoms with Gasteiger partial charge in [0.2, 0.25) is 0 Å². The quantitative estimate of drug-likeness (QED) is 0.798. The van der Waals surface area contributed by atoms with Crippen molar-refractivity contribution in [3.63, 3.8) is 0 Å². The first-order valence-electron chi connectivity index (χ1n) is 5.76. The van der Waals surface area contributed by atoms with Crippen LogP contribution in [0.1, 0.15) is 20.8 Å². The number of amides is 2. The predicted molar refractivity (Wildman–Crippen MR) is 74.5 cm³/mol. The smallest absolute Gasteiger partial charge is 0.326 e. The van der Waals surface area contributed by atoms with Crippen LogP contribution in [0, 0.1) is 5.41 Å². The summed E-state index contributed by atoms with van der Waals surface area (Å²) in [6.45, 7) is 5.21. The molecular formula is C13H17ClN2O3. The van der Waals surface area contributed by atoms with Crippen molar-refractivity contribution in [1.82, 2.24) is 5.32 Å². The van der Waals surface area contributed by atoms with E-state index in [4.69, 9.17) is 16.7 Å². The molecule has 0 aliphatic heterocycles. The van der Waals surface area contributed by atoms with Gasteiger partial charge in [0, 0.05) is 0 Å². The second-order valence-corrected chi connectivity index (χ2v) is 5.62. The molecule has 3 N–H and O–H groups in total. The van der Waals surface area contributed by atoms with Crippen molar-refractivity contribution in [3.05, 3.63) is 29.3 Å². The van der Waals surface area contributed by atoms with Gasteiger partial charge in [-0.15, -0.1) is 0 Å². The molecule has 0 radical (unpaired) electrons. The third-order valence-electron chi connectivity index (χ3n) is 2.51. The van der Waals surface area contributed by atoms with Gasteiger partial charge < -0.3 is 15.7 Å². The lowest BCUT2D eigenvalue weighted by Gasteiger charge is -2.27. The first kappa shape index (κ1) is 15.3. The molecule has 2 amide bonds. The van der Waals surface area contributed by atoms with Crippen molar-refractivity contribution in [1.29, 1.82) is 0 Å². The molecule has 0 spiro atoms. The van der Waals surface area contributed by atoms with Crippen molar-refractivity contribution < 1.29 is 14.7 Å². The third-order valence-corrected chi connectivity index (χ3v) is 2.84. The number of nitrogens with one attached hydrogen (secondary N) is 2. The maximum absolute atomic E-state index is 11.8. The second kappa shape index (κ2) is 5.93. The Hall–Kier alpha value is -1.75. The number of rotatable bonds is 3. The molecule has 0 saturated heterocycles. The Labute approximate surface area is 117 Å². The van der Waals surface area contributed by atoms with E-state index < -0.39 is 23.5 Å². The summed E-state index contributed by atoms with van der Waals surface area (Å²) in [6, 6.07) is 5.13. The van der Waals surface area contributed by atoms with E-state index in [2.05, 4.69) is 10.6 Å². The fraction of sp³-hybridized carbons (Fsp3) is 0.385. The van der Waals surface area contributed by atoms with E-state index in [1.165, 1.54) is 0 Å². The van der Waals surface area contributed by atoms with Crippen molar-refractivity contribution in [2.75, 3.05) is 5.32 Å². The molecule has 0 aromatic heterocycles. The van der Waals surface area contributed by atoms with Crippen LogP contribution in [0.3, 0.4) is 0 Å². The highest BCUT2D eigenvalue weighted by Gasteiger charge is 2.32. The van der Waals surface area contributed by atoms with Crippen LogP contribution in [0.4, 0.5) is 10.5 Å². The number of aliphatic carboxylic acids is 1. The summed E-state index contributed by atoms with van der Waals surface area (Å²) >= 11 is 5.90. The summed E-state index contributed by atoms with van der Waals surface area (Å²) in [5.41, 5.74) is -0.163. The van der Waals surface area contributed by atoms with Crippen molar-refractivity contribution in [2.24, 2.45) is 5.41 Å². The van der Waals surface area contributed by atoms with Crippen LogP contribution >= 0.6 is 11.6 Å². The molecule has 1 aromatic carbocycles. The first-order valence-corrected chi connectivity index (χ1v) is 6.14. The summed E-state index contributed by atoms with van der Waals surface area (Å²) in [5.74, 6) is -1.08. The summed E-state index contributed by atoms with van der Waals surface area (Å²) in [6.07, 6.45) is 0. The summed E-state index contributed by atoms with van der Waals surface area (Å²) in [7, 11) is 0. The number of benzene rings is 1. The number of halogens is 1. The Bertz CT molecular complexity index is 483. The van der Waals surface area contributed by atoms with E-state index in [1.807, 2.05) is 0 Å². The number of hydrogen-bond donors (Lipinski definition) is 3. The zero-order valence-electron chi connectivity index (χ0n) is 11.0. The Balaban J connectivity index is 2.75. The predicted octanol–water partition coefficient (Wildman–Crippen LogP) is 2.96. The van der Waals surface area contributed by atoms with Crippen LogP contribution in [0.15, 0.2) is 24.3 Å². The molecule has 1 unspecified atom stereocenters. The Morgan fingerprint density at radius 3 is 2.32 bits per heavy atom. The third kappa shape index (κ3) is 4.44. The molecule has 0 aliphatic rings. The topological polar surface area (TPSA) is 78.4 Å². The maximum Gasteiger partial charge on any atom is 0.326 e. The van der Waals surface area contributed by atoms with Crippen molar-refractivity contribution in [3.8, 4) is 0 Å². The van der Waals surface area contributed by atoms with Crippen LogP contribution < -0.4 is 10.6 Å². The Morgan fingerprint density at radius 2 is 1.84 bits per heavy atom. The lowest BCUT2D eigenvalue weighted by molar-refractivity contribution is -0.141. The van der Waals surface area contributed by atoms with E-state index in [0.717, 1.165) is 0 Å². The number of carbonyl (C=O) groups is 2. The molecule has 0 fully saturated rings. The minimum absolute atomic E-state index is 0.389. The van der Waals surface area contributed by atoms with Gasteiger partial charge in [0.25, 0.3) is 0 Å². The normalized spacial score (nSPS) is 12.6. The zero-order chi connectivity index (χ0) is 14.6. The summed E-state index contributed by atoms with van der Waals surface area (Å²) in [4.78, 5) is 22.9. The number of carbonyl (C=O) groups excluding carboxylic acids is 1. The van der Waals surface area contributed by atoms with E-state index >= 15 is 0 Å². The molecule has 6 heteroatoms. The number of carboxylic acid groups (broad SMARTS) is 1. The minimum atomic E-state index is -1.08. The molecule has 104 valence electrons. The lowest BCUT2D eigenvalue weighted by atomic mass is 9.87. The largest absolute Gasteiger partial charge is 0.480 e. The van der Waals surface area contributed by atoms with Gasteiger partial charge in [-0.3, -0.25) is 0 Å². The number of hydrogen-bond acceptors (Lipinski definition) is 2. The van der Waals surface area contributed by atoms with Crippen LogP contribution in [0.25, 0.3) is 0 Å². The van der Waals surface area contributed by atoms with Crippen LogP contribution in [-0.4, -0.2) is 23.1 Å². The molecule has 1 rings (SSSR count). The SMILES string of the molecule is CC(C)(C)C(NC(=O)Nc1ccccc1Cl)C(=O)O. The molecule has 0 bridgehead atoms. The molecule has 0 heterocycles. The number of anilines is 1. The number of urea groups is 1. The van der Waals surface area contributed by atoms with E-state index in [9.17, 15) is 9.59 Å². The fourth-order valence-corrected chi connectivity index (χ4v) is 1.68. The Morgan fingerprint density at radius 1 is 1.26 bits per heavy atom. The molecule has 1 atom stereocenters. The maximum atomic E-state index is 11.8. The van der Waals surface area contributed by atoms with E-state index in [-0.39, 0.29) is 0 Å². The molecule has 1 aromatic rings.